The van der Waals surface area contributed by atoms with Gasteiger partial charge in [-0.1, -0.05) is 26.2 Å². The number of carboxylic acids is 1. The fourth-order valence-electron chi connectivity index (χ4n) is 2.74. The smallest absolute Gasteiger partial charge is 0.327 e. The Hall–Kier alpha value is -0.710. The highest BCUT2D eigenvalue weighted by atomic mass is 32.2. The van der Waals surface area contributed by atoms with Crippen molar-refractivity contribution in [3.05, 3.63) is 0 Å². The Kier molecular flexibility index (Phi) is 3.66. The van der Waals surface area contributed by atoms with Gasteiger partial charge in [0.2, 0.25) is 5.91 Å². The summed E-state index contributed by atoms with van der Waals surface area (Å²) in [4.78, 5) is 25.2. The lowest BCUT2D eigenvalue weighted by Gasteiger charge is -2.36. The highest BCUT2D eigenvalue weighted by molar-refractivity contribution is 7.99. The lowest BCUT2D eigenvalue weighted by Crippen LogP contribution is -2.48. The summed E-state index contributed by atoms with van der Waals surface area (Å²) in [6, 6.07) is -0.619. The van der Waals surface area contributed by atoms with Crippen molar-refractivity contribution in [1.82, 2.24) is 4.90 Å². The summed E-state index contributed by atoms with van der Waals surface area (Å²) in [7, 11) is 0. The summed E-state index contributed by atoms with van der Waals surface area (Å²) in [5.41, 5.74) is -0.323. The molecule has 2 fully saturated rings. The number of carbonyl (C=O) groups is 2. The lowest BCUT2D eigenvalue weighted by atomic mass is 9.74. The molecule has 0 spiro atoms. The van der Waals surface area contributed by atoms with Crippen molar-refractivity contribution in [2.24, 2.45) is 5.41 Å². The molecule has 96 valence electrons. The van der Waals surface area contributed by atoms with Crippen LogP contribution in [-0.4, -0.2) is 39.6 Å². The monoisotopic (exact) mass is 257 g/mol. The minimum absolute atomic E-state index is 0.0506. The van der Waals surface area contributed by atoms with E-state index in [9.17, 15) is 9.59 Å². The molecule has 1 aliphatic heterocycles. The highest BCUT2D eigenvalue weighted by Crippen LogP contribution is 2.39. The topological polar surface area (TPSA) is 57.6 Å². The number of carbonyl (C=O) groups excluding carboxylic acids is 1. The third-order valence-corrected chi connectivity index (χ3v) is 4.91. The van der Waals surface area contributed by atoms with Crippen molar-refractivity contribution in [2.75, 3.05) is 11.6 Å². The number of nitrogens with zero attached hydrogens (tertiary/aromatic N) is 1. The molecule has 1 aliphatic carbocycles. The van der Waals surface area contributed by atoms with Gasteiger partial charge in [-0.15, -0.1) is 11.8 Å². The van der Waals surface area contributed by atoms with Gasteiger partial charge in [-0.3, -0.25) is 4.79 Å². The molecular weight excluding hydrogens is 238 g/mol. The van der Waals surface area contributed by atoms with Gasteiger partial charge >= 0.3 is 5.97 Å². The van der Waals surface area contributed by atoms with E-state index in [1.165, 1.54) is 18.2 Å². The first-order valence-corrected chi connectivity index (χ1v) is 7.32. The maximum Gasteiger partial charge on any atom is 0.327 e. The Labute approximate surface area is 106 Å². The third kappa shape index (κ3) is 2.44. The fourth-order valence-corrected chi connectivity index (χ4v) is 3.89. The number of rotatable bonds is 2. The van der Waals surface area contributed by atoms with Gasteiger partial charge in [0.25, 0.3) is 0 Å². The molecule has 2 aliphatic rings. The van der Waals surface area contributed by atoms with Crippen LogP contribution < -0.4 is 0 Å². The second kappa shape index (κ2) is 4.88. The number of hydrogen-bond donors (Lipinski definition) is 1. The molecule has 0 aromatic carbocycles. The van der Waals surface area contributed by atoms with Crippen LogP contribution in [0.1, 0.15) is 39.0 Å². The first-order valence-electron chi connectivity index (χ1n) is 6.16. The van der Waals surface area contributed by atoms with Crippen LogP contribution in [0.2, 0.25) is 0 Å². The molecule has 0 bridgehead atoms. The van der Waals surface area contributed by atoms with E-state index in [4.69, 9.17) is 5.11 Å². The van der Waals surface area contributed by atoms with E-state index in [1.807, 2.05) is 6.92 Å². The molecule has 0 radical (unpaired) electrons. The van der Waals surface area contributed by atoms with Gasteiger partial charge in [0.15, 0.2) is 0 Å². The maximum atomic E-state index is 12.5. The second-order valence-electron chi connectivity index (χ2n) is 5.25. The Morgan fingerprint density at radius 2 is 1.94 bits per heavy atom. The summed E-state index contributed by atoms with van der Waals surface area (Å²) in [5.74, 6) is 0.236. The normalized spacial score (nSPS) is 28.1. The number of carboxylic acid groups (broad SMARTS) is 1. The van der Waals surface area contributed by atoms with Gasteiger partial charge in [0, 0.05) is 11.2 Å². The molecule has 0 aromatic rings. The fraction of sp³-hybridized carbons (Fsp3) is 0.833. The molecule has 1 unspecified atom stereocenters. The Morgan fingerprint density at radius 1 is 1.29 bits per heavy atom. The Bertz CT molecular complexity index is 326. The van der Waals surface area contributed by atoms with Gasteiger partial charge in [0.1, 0.15) is 6.04 Å². The zero-order valence-corrected chi connectivity index (χ0v) is 11.0. The summed E-state index contributed by atoms with van der Waals surface area (Å²) < 4.78 is 0. The van der Waals surface area contributed by atoms with Gasteiger partial charge in [-0.05, 0) is 12.8 Å². The Balaban J connectivity index is 2.10. The number of amides is 1. The molecule has 5 heteroatoms. The molecule has 1 atom stereocenters. The van der Waals surface area contributed by atoms with E-state index in [2.05, 4.69) is 0 Å². The molecule has 1 heterocycles. The van der Waals surface area contributed by atoms with E-state index >= 15 is 0 Å². The lowest BCUT2D eigenvalue weighted by molar-refractivity contribution is -0.153. The molecular formula is C12H19NO3S. The van der Waals surface area contributed by atoms with Gasteiger partial charge in [-0.25, -0.2) is 4.79 Å². The first kappa shape index (κ1) is 12.7. The molecule has 1 saturated heterocycles. The molecule has 17 heavy (non-hydrogen) atoms. The molecule has 1 saturated carbocycles. The average molecular weight is 257 g/mol. The van der Waals surface area contributed by atoms with E-state index in [1.54, 1.807) is 4.90 Å². The summed E-state index contributed by atoms with van der Waals surface area (Å²) in [5, 5.41) is 9.11. The van der Waals surface area contributed by atoms with Gasteiger partial charge in [0.05, 0.1) is 5.88 Å². The SMILES string of the molecule is CC1(C(=O)N2CSCC2C(=O)O)CCCCC1. The zero-order chi connectivity index (χ0) is 12.5. The molecule has 0 aromatic heterocycles. The largest absolute Gasteiger partial charge is 0.480 e. The number of hydrogen-bond acceptors (Lipinski definition) is 3. The van der Waals surface area contributed by atoms with E-state index in [0.717, 1.165) is 25.7 Å². The third-order valence-electron chi connectivity index (χ3n) is 3.90. The highest BCUT2D eigenvalue weighted by Gasteiger charge is 2.43. The van der Waals surface area contributed by atoms with Crippen molar-refractivity contribution in [3.63, 3.8) is 0 Å². The number of thioether (sulfide) groups is 1. The standard InChI is InChI=1S/C12H19NO3S/c1-12(5-3-2-4-6-12)11(16)13-8-17-7-9(13)10(14)15/h9H,2-8H2,1H3,(H,14,15). The summed E-state index contributed by atoms with van der Waals surface area (Å²) in [6.45, 7) is 2.00. The maximum absolute atomic E-state index is 12.5. The number of aliphatic carboxylic acids is 1. The first-order chi connectivity index (χ1) is 8.04. The van der Waals surface area contributed by atoms with Crippen molar-refractivity contribution in [3.8, 4) is 0 Å². The van der Waals surface area contributed by atoms with Gasteiger partial charge in [-0.2, -0.15) is 0 Å². The van der Waals surface area contributed by atoms with Crippen molar-refractivity contribution < 1.29 is 14.7 Å². The predicted octanol–water partition coefficient (Wildman–Crippen LogP) is 1.94. The Morgan fingerprint density at radius 3 is 2.53 bits per heavy atom. The quantitative estimate of drug-likeness (QED) is 0.821. The van der Waals surface area contributed by atoms with E-state index in [-0.39, 0.29) is 11.3 Å². The summed E-state index contributed by atoms with van der Waals surface area (Å²) in [6.07, 6.45) is 5.17. The van der Waals surface area contributed by atoms with E-state index < -0.39 is 12.0 Å². The minimum atomic E-state index is -0.872. The van der Waals surface area contributed by atoms with E-state index in [0.29, 0.717) is 11.6 Å². The van der Waals surface area contributed by atoms with Crippen molar-refractivity contribution >= 4 is 23.6 Å². The predicted molar refractivity (Wildman–Crippen MR) is 66.8 cm³/mol. The van der Waals surface area contributed by atoms with Crippen LogP contribution in [0.25, 0.3) is 0 Å². The van der Waals surface area contributed by atoms with Crippen LogP contribution in [-0.2, 0) is 9.59 Å². The zero-order valence-electron chi connectivity index (χ0n) is 10.1. The van der Waals surface area contributed by atoms with Crippen LogP contribution >= 0.6 is 11.8 Å². The van der Waals surface area contributed by atoms with Crippen LogP contribution in [0.4, 0.5) is 0 Å². The van der Waals surface area contributed by atoms with Gasteiger partial charge < -0.3 is 10.0 Å². The molecule has 4 nitrogen and oxygen atoms in total. The molecule has 2 rings (SSSR count). The van der Waals surface area contributed by atoms with Crippen LogP contribution in [0, 0.1) is 5.41 Å². The van der Waals surface area contributed by atoms with Crippen LogP contribution in [0.3, 0.4) is 0 Å². The van der Waals surface area contributed by atoms with Crippen LogP contribution in [0.15, 0.2) is 0 Å². The molecule has 1 amide bonds. The second-order valence-corrected chi connectivity index (χ2v) is 6.25. The summed E-state index contributed by atoms with van der Waals surface area (Å²) >= 11 is 1.53. The van der Waals surface area contributed by atoms with Crippen molar-refractivity contribution in [1.29, 1.82) is 0 Å². The van der Waals surface area contributed by atoms with Crippen molar-refractivity contribution in [2.45, 2.75) is 45.1 Å². The minimum Gasteiger partial charge on any atom is -0.480 e. The average Bonchev–Trinajstić information content (AvgIpc) is 2.77. The molecule has 1 N–H and O–H groups in total. The van der Waals surface area contributed by atoms with Crippen LogP contribution in [0.5, 0.6) is 0 Å².